The molecule has 5 rings (SSSR count). The number of benzene rings is 1. The Morgan fingerprint density at radius 2 is 1.90 bits per heavy atom. The minimum absolute atomic E-state index is 0.00411. The summed E-state index contributed by atoms with van der Waals surface area (Å²) >= 11 is 0. The molecule has 0 unspecified atom stereocenters. The summed E-state index contributed by atoms with van der Waals surface area (Å²) in [5, 5.41) is 3.02. The topological polar surface area (TPSA) is 101 Å². The summed E-state index contributed by atoms with van der Waals surface area (Å²) in [5.41, 5.74) is 2.03. The number of carbonyl (C=O) groups is 3. The lowest BCUT2D eigenvalue weighted by atomic mass is 9.77. The standard InChI is InChI=1S/C31H39FN4O5/c1-40-27-15-20-8-9-29(38)36-18-21-14-23(19-35(17-21)31(39)24-10-12-33-16-25(24)32)26(36)6-3-7-28(37)34-11-4-5-22(13-20)30(27)41-2/h10,12-13,15-16,21,23,26H,3-9,11,14,17-19H2,1-2H3,(H,34,37)/t21-,23+,26-/m0/s1. The third-order valence-corrected chi connectivity index (χ3v) is 8.67. The van der Waals surface area contributed by atoms with Crippen LogP contribution in [0.3, 0.4) is 0 Å². The lowest BCUT2D eigenvalue weighted by Gasteiger charge is -2.51. The number of fused-ring (bicyclic) bond motifs is 6. The van der Waals surface area contributed by atoms with E-state index in [1.807, 2.05) is 11.0 Å². The van der Waals surface area contributed by atoms with Crippen molar-refractivity contribution in [1.82, 2.24) is 20.1 Å². The fraction of sp³-hybridized carbons (Fsp3) is 0.548. The fourth-order valence-electron chi connectivity index (χ4n) is 6.79. The van der Waals surface area contributed by atoms with E-state index in [4.69, 9.17) is 9.47 Å². The lowest BCUT2D eigenvalue weighted by Crippen LogP contribution is -2.60. The zero-order valence-electron chi connectivity index (χ0n) is 23.9. The molecule has 2 fully saturated rings. The zero-order chi connectivity index (χ0) is 28.9. The molecule has 0 radical (unpaired) electrons. The van der Waals surface area contributed by atoms with Gasteiger partial charge in [-0.05, 0) is 73.6 Å². The van der Waals surface area contributed by atoms with Crippen LogP contribution in [0, 0.1) is 17.7 Å². The van der Waals surface area contributed by atoms with Crippen LogP contribution in [-0.2, 0) is 22.4 Å². The Morgan fingerprint density at radius 1 is 1.05 bits per heavy atom. The molecule has 10 heteroatoms. The summed E-state index contributed by atoms with van der Waals surface area (Å²) in [6, 6.07) is 5.35. The minimum atomic E-state index is -0.626. The van der Waals surface area contributed by atoms with Crippen LogP contribution in [0.4, 0.5) is 4.39 Å². The minimum Gasteiger partial charge on any atom is -0.493 e. The number of aryl methyl sites for hydroxylation is 2. The molecule has 1 aromatic carbocycles. The lowest BCUT2D eigenvalue weighted by molar-refractivity contribution is -0.140. The SMILES string of the molecule is COc1cc2cc(c1OC)CCCNC(=O)CCC[C@H]1[C@@H]3C[C@@H](CN(C(=O)c4ccncc4F)C3)CN1C(=O)CC2. The number of likely N-dealkylation sites (tertiary alicyclic amines) is 1. The Balaban J connectivity index is 1.37. The fourth-order valence-corrected chi connectivity index (χ4v) is 6.79. The van der Waals surface area contributed by atoms with Crippen molar-refractivity contribution in [2.45, 2.75) is 57.4 Å². The van der Waals surface area contributed by atoms with Crippen molar-refractivity contribution < 1.29 is 28.2 Å². The van der Waals surface area contributed by atoms with E-state index in [-0.39, 0.29) is 41.2 Å². The molecule has 0 aliphatic carbocycles. The number of nitrogens with one attached hydrogen (secondary N) is 1. The number of carbonyl (C=O) groups excluding carboxylic acids is 3. The Kier molecular flexibility index (Phi) is 9.05. The first-order chi connectivity index (χ1) is 19.9. The zero-order valence-corrected chi connectivity index (χ0v) is 23.9. The number of nitrogens with zero attached hydrogens (tertiary/aromatic N) is 3. The van der Waals surface area contributed by atoms with Crippen LogP contribution in [-0.4, -0.2) is 78.9 Å². The summed E-state index contributed by atoms with van der Waals surface area (Å²) in [6.45, 7) is 2.05. The van der Waals surface area contributed by atoms with Gasteiger partial charge in [-0.1, -0.05) is 6.07 Å². The van der Waals surface area contributed by atoms with E-state index in [1.165, 1.54) is 12.3 Å². The second-order valence-electron chi connectivity index (χ2n) is 11.4. The van der Waals surface area contributed by atoms with Gasteiger partial charge in [0.25, 0.3) is 5.91 Å². The quantitative estimate of drug-likeness (QED) is 0.612. The highest BCUT2D eigenvalue weighted by atomic mass is 19.1. The molecule has 1 aromatic heterocycles. The largest absolute Gasteiger partial charge is 0.493 e. The van der Waals surface area contributed by atoms with Gasteiger partial charge < -0.3 is 24.6 Å². The molecule has 4 bridgehead atoms. The number of pyridine rings is 1. The number of methoxy groups -OCH3 is 2. The van der Waals surface area contributed by atoms with Gasteiger partial charge in [-0.15, -0.1) is 0 Å². The van der Waals surface area contributed by atoms with Crippen LogP contribution < -0.4 is 14.8 Å². The Labute approximate surface area is 240 Å². The van der Waals surface area contributed by atoms with Crippen molar-refractivity contribution in [1.29, 1.82) is 0 Å². The second-order valence-corrected chi connectivity index (χ2v) is 11.4. The monoisotopic (exact) mass is 566 g/mol. The molecule has 3 atom stereocenters. The number of ether oxygens (including phenoxy) is 2. The summed E-state index contributed by atoms with van der Waals surface area (Å²) < 4.78 is 25.6. The van der Waals surface area contributed by atoms with E-state index in [0.29, 0.717) is 69.8 Å². The number of amides is 3. The van der Waals surface area contributed by atoms with Gasteiger partial charge in [-0.2, -0.15) is 0 Å². The summed E-state index contributed by atoms with van der Waals surface area (Å²) in [4.78, 5) is 47.1. The molecule has 3 aliphatic rings. The van der Waals surface area contributed by atoms with Crippen LogP contribution in [0.5, 0.6) is 11.5 Å². The van der Waals surface area contributed by atoms with Crippen LogP contribution in [0.25, 0.3) is 0 Å². The van der Waals surface area contributed by atoms with Crippen LogP contribution in [0.2, 0.25) is 0 Å². The first kappa shape index (κ1) is 28.8. The van der Waals surface area contributed by atoms with Gasteiger partial charge in [0.15, 0.2) is 17.3 Å². The van der Waals surface area contributed by atoms with E-state index in [9.17, 15) is 18.8 Å². The van der Waals surface area contributed by atoms with Gasteiger partial charge in [0, 0.05) is 51.3 Å². The highest BCUT2D eigenvalue weighted by Crippen LogP contribution is 2.37. The maximum absolute atomic E-state index is 14.4. The molecule has 3 amide bonds. The molecule has 0 saturated carbocycles. The molecular weight excluding hydrogens is 527 g/mol. The average Bonchev–Trinajstić information content (AvgIpc) is 2.98. The van der Waals surface area contributed by atoms with Crippen LogP contribution >= 0.6 is 0 Å². The molecule has 41 heavy (non-hydrogen) atoms. The van der Waals surface area contributed by atoms with Crippen molar-refractivity contribution in [3.05, 3.63) is 53.1 Å². The van der Waals surface area contributed by atoms with Crippen molar-refractivity contribution in [2.24, 2.45) is 11.8 Å². The third kappa shape index (κ3) is 6.47. The molecule has 2 aromatic rings. The molecule has 9 nitrogen and oxygen atoms in total. The smallest absolute Gasteiger partial charge is 0.256 e. The number of rotatable bonds is 3. The van der Waals surface area contributed by atoms with Gasteiger partial charge in [-0.3, -0.25) is 19.4 Å². The molecule has 0 spiro atoms. The van der Waals surface area contributed by atoms with E-state index < -0.39 is 5.82 Å². The maximum Gasteiger partial charge on any atom is 0.256 e. The third-order valence-electron chi connectivity index (χ3n) is 8.67. The predicted molar refractivity (Wildman–Crippen MR) is 150 cm³/mol. The van der Waals surface area contributed by atoms with Crippen molar-refractivity contribution >= 4 is 17.7 Å². The summed E-state index contributed by atoms with van der Waals surface area (Å²) in [6.07, 6.45) is 7.52. The van der Waals surface area contributed by atoms with Gasteiger partial charge in [-0.25, -0.2) is 4.39 Å². The number of piperidine rings is 2. The van der Waals surface area contributed by atoms with Crippen molar-refractivity contribution in [3.63, 3.8) is 0 Å². The second kappa shape index (κ2) is 12.9. The van der Waals surface area contributed by atoms with Crippen LogP contribution in [0.15, 0.2) is 30.6 Å². The Bertz CT molecular complexity index is 1290. The van der Waals surface area contributed by atoms with Gasteiger partial charge in [0.05, 0.1) is 26.0 Å². The van der Waals surface area contributed by atoms with Gasteiger partial charge in [0.2, 0.25) is 11.8 Å². The molecule has 4 heterocycles. The van der Waals surface area contributed by atoms with E-state index in [0.717, 1.165) is 36.6 Å². The normalized spacial score (nSPS) is 23.8. The highest BCUT2D eigenvalue weighted by Gasteiger charge is 2.43. The Hall–Kier alpha value is -3.69. The molecule has 220 valence electrons. The van der Waals surface area contributed by atoms with E-state index in [1.54, 1.807) is 19.1 Å². The van der Waals surface area contributed by atoms with Gasteiger partial charge >= 0.3 is 0 Å². The number of hydrogen-bond acceptors (Lipinski definition) is 6. The number of aromatic nitrogens is 1. The first-order valence-corrected chi connectivity index (χ1v) is 14.6. The number of halogens is 1. The highest BCUT2D eigenvalue weighted by molar-refractivity contribution is 5.94. The van der Waals surface area contributed by atoms with Crippen molar-refractivity contribution in [2.75, 3.05) is 40.4 Å². The van der Waals surface area contributed by atoms with E-state index >= 15 is 0 Å². The van der Waals surface area contributed by atoms with Crippen molar-refractivity contribution in [3.8, 4) is 11.5 Å². The van der Waals surface area contributed by atoms with Gasteiger partial charge in [0.1, 0.15) is 0 Å². The first-order valence-electron chi connectivity index (χ1n) is 14.6. The average molecular weight is 567 g/mol. The molecule has 3 aliphatic heterocycles. The summed E-state index contributed by atoms with van der Waals surface area (Å²) in [7, 11) is 3.23. The molecular formula is C31H39FN4O5. The van der Waals surface area contributed by atoms with Crippen LogP contribution in [0.1, 0.15) is 60.0 Å². The molecule has 1 N–H and O–H groups in total. The predicted octanol–water partition coefficient (Wildman–Crippen LogP) is 3.39. The van der Waals surface area contributed by atoms with E-state index in [2.05, 4.69) is 16.4 Å². The number of hydrogen-bond donors (Lipinski definition) is 1. The molecule has 2 saturated heterocycles. The summed E-state index contributed by atoms with van der Waals surface area (Å²) in [5.74, 6) is 0.616. The Morgan fingerprint density at radius 3 is 2.68 bits per heavy atom. The maximum atomic E-state index is 14.4.